The first-order chi connectivity index (χ1) is 8.17. The van der Waals surface area contributed by atoms with Gasteiger partial charge in [0.15, 0.2) is 0 Å². The number of hydrogen-bond acceptors (Lipinski definition) is 3. The number of benzene rings is 1. The van der Waals surface area contributed by atoms with Crippen molar-refractivity contribution in [3.8, 4) is 0 Å². The Hall–Kier alpha value is -1.03. The fourth-order valence-corrected chi connectivity index (χ4v) is 2.61. The van der Waals surface area contributed by atoms with Gasteiger partial charge in [-0.1, -0.05) is 19.4 Å². The van der Waals surface area contributed by atoms with Crippen LogP contribution >= 0.6 is 11.8 Å². The van der Waals surface area contributed by atoms with Crippen LogP contribution in [0.2, 0.25) is 0 Å². The molecule has 1 rings (SSSR count). The normalized spacial score (nSPS) is 12.2. The first-order valence-electron chi connectivity index (χ1n) is 5.76. The van der Waals surface area contributed by atoms with E-state index in [9.17, 15) is 9.18 Å². The molecule has 0 N–H and O–H groups in total. The maximum Gasteiger partial charge on any atom is 0.319 e. The third-order valence-electron chi connectivity index (χ3n) is 2.17. The average molecular weight is 256 g/mol. The van der Waals surface area contributed by atoms with Crippen molar-refractivity contribution >= 4 is 17.7 Å². The average Bonchev–Trinajstić information content (AvgIpc) is 2.29. The standard InChI is InChI=1S/C13H17FO2S/c1-3-6-12(13(15)16-4-2)17-11-8-5-7-10(14)9-11/h5,7-9,12H,3-4,6H2,1-2H3. The summed E-state index contributed by atoms with van der Waals surface area (Å²) in [6, 6.07) is 6.28. The monoisotopic (exact) mass is 256 g/mol. The predicted molar refractivity (Wildman–Crippen MR) is 67.6 cm³/mol. The summed E-state index contributed by atoms with van der Waals surface area (Å²) in [7, 11) is 0. The van der Waals surface area contributed by atoms with E-state index >= 15 is 0 Å². The van der Waals surface area contributed by atoms with Crippen LogP contribution in [0.5, 0.6) is 0 Å². The van der Waals surface area contributed by atoms with Gasteiger partial charge in [0.25, 0.3) is 0 Å². The summed E-state index contributed by atoms with van der Waals surface area (Å²) in [6.45, 7) is 4.18. The fourth-order valence-electron chi connectivity index (χ4n) is 1.43. The maximum atomic E-state index is 13.0. The van der Waals surface area contributed by atoms with Crippen LogP contribution < -0.4 is 0 Å². The van der Waals surface area contributed by atoms with Crippen molar-refractivity contribution in [2.24, 2.45) is 0 Å². The van der Waals surface area contributed by atoms with Crippen molar-refractivity contribution < 1.29 is 13.9 Å². The molecule has 0 aliphatic heterocycles. The lowest BCUT2D eigenvalue weighted by molar-refractivity contribution is -0.142. The first kappa shape index (κ1) is 14.0. The predicted octanol–water partition coefficient (Wildman–Crippen LogP) is 3.65. The van der Waals surface area contributed by atoms with Gasteiger partial charge < -0.3 is 4.74 Å². The van der Waals surface area contributed by atoms with E-state index in [1.165, 1.54) is 23.9 Å². The van der Waals surface area contributed by atoms with Gasteiger partial charge in [0.1, 0.15) is 11.1 Å². The molecule has 0 aliphatic carbocycles. The Morgan fingerprint density at radius 1 is 1.47 bits per heavy atom. The Kier molecular flexibility index (Phi) is 6.05. The summed E-state index contributed by atoms with van der Waals surface area (Å²) in [4.78, 5) is 12.4. The minimum absolute atomic E-state index is 0.219. The van der Waals surface area contributed by atoms with Gasteiger partial charge in [-0.3, -0.25) is 4.79 Å². The molecule has 0 saturated carbocycles. The highest BCUT2D eigenvalue weighted by atomic mass is 32.2. The van der Waals surface area contributed by atoms with E-state index < -0.39 is 0 Å². The molecule has 17 heavy (non-hydrogen) atoms. The van der Waals surface area contributed by atoms with Gasteiger partial charge in [-0.05, 0) is 31.5 Å². The molecule has 0 bridgehead atoms. The van der Waals surface area contributed by atoms with Crippen molar-refractivity contribution in [3.63, 3.8) is 0 Å². The van der Waals surface area contributed by atoms with Crippen molar-refractivity contribution in [1.82, 2.24) is 0 Å². The smallest absolute Gasteiger partial charge is 0.319 e. The number of halogens is 1. The summed E-state index contributed by atoms with van der Waals surface area (Å²) in [5, 5.41) is -0.248. The number of carbonyl (C=O) groups excluding carboxylic acids is 1. The highest BCUT2D eigenvalue weighted by Gasteiger charge is 2.20. The zero-order valence-corrected chi connectivity index (χ0v) is 10.9. The second-order valence-corrected chi connectivity index (χ2v) is 4.88. The molecule has 0 amide bonds. The van der Waals surface area contributed by atoms with E-state index in [0.717, 1.165) is 17.7 Å². The molecule has 1 aromatic carbocycles. The van der Waals surface area contributed by atoms with Gasteiger partial charge in [0.05, 0.1) is 6.61 Å². The van der Waals surface area contributed by atoms with Gasteiger partial charge in [0, 0.05) is 4.90 Å². The molecule has 0 heterocycles. The zero-order valence-electron chi connectivity index (χ0n) is 10.1. The van der Waals surface area contributed by atoms with Crippen molar-refractivity contribution in [1.29, 1.82) is 0 Å². The molecule has 0 radical (unpaired) electrons. The Bertz CT molecular complexity index is 368. The molecule has 0 fully saturated rings. The van der Waals surface area contributed by atoms with Gasteiger partial charge in [-0.25, -0.2) is 4.39 Å². The van der Waals surface area contributed by atoms with E-state index in [1.807, 2.05) is 6.92 Å². The van der Waals surface area contributed by atoms with Crippen LogP contribution in [0, 0.1) is 5.82 Å². The van der Waals surface area contributed by atoms with E-state index in [-0.39, 0.29) is 17.0 Å². The van der Waals surface area contributed by atoms with Gasteiger partial charge >= 0.3 is 5.97 Å². The first-order valence-corrected chi connectivity index (χ1v) is 6.64. The van der Waals surface area contributed by atoms with Crippen molar-refractivity contribution in [2.75, 3.05) is 6.61 Å². The molecule has 0 aromatic heterocycles. The highest BCUT2D eigenvalue weighted by Crippen LogP contribution is 2.27. The summed E-state index contributed by atoms with van der Waals surface area (Å²) >= 11 is 1.36. The Morgan fingerprint density at radius 3 is 2.82 bits per heavy atom. The summed E-state index contributed by atoms with van der Waals surface area (Å²) in [5.41, 5.74) is 0. The van der Waals surface area contributed by atoms with E-state index in [2.05, 4.69) is 0 Å². The van der Waals surface area contributed by atoms with Gasteiger partial charge in [-0.15, -0.1) is 11.8 Å². The van der Waals surface area contributed by atoms with Gasteiger partial charge in [0.2, 0.25) is 0 Å². The highest BCUT2D eigenvalue weighted by molar-refractivity contribution is 8.00. The van der Waals surface area contributed by atoms with Crippen LogP contribution in [0.3, 0.4) is 0 Å². The lowest BCUT2D eigenvalue weighted by atomic mass is 10.2. The molecule has 2 nitrogen and oxygen atoms in total. The minimum Gasteiger partial charge on any atom is -0.465 e. The lowest BCUT2D eigenvalue weighted by Gasteiger charge is -2.14. The van der Waals surface area contributed by atoms with Crippen LogP contribution in [0.1, 0.15) is 26.7 Å². The molecule has 0 saturated heterocycles. The number of hydrogen-bond donors (Lipinski definition) is 0. The van der Waals surface area contributed by atoms with E-state index in [1.54, 1.807) is 19.1 Å². The molecule has 94 valence electrons. The SMILES string of the molecule is CCCC(Sc1cccc(F)c1)C(=O)OCC. The molecule has 4 heteroatoms. The Balaban J connectivity index is 2.69. The van der Waals surface area contributed by atoms with Crippen molar-refractivity contribution in [3.05, 3.63) is 30.1 Å². The van der Waals surface area contributed by atoms with Crippen molar-refractivity contribution in [2.45, 2.75) is 36.8 Å². The molecule has 1 unspecified atom stereocenters. The van der Waals surface area contributed by atoms with Gasteiger partial charge in [-0.2, -0.15) is 0 Å². The summed E-state index contributed by atoms with van der Waals surface area (Å²) in [6.07, 6.45) is 1.63. The van der Waals surface area contributed by atoms with Crippen LogP contribution in [0.4, 0.5) is 4.39 Å². The Labute approximate surface area is 106 Å². The topological polar surface area (TPSA) is 26.3 Å². The molecule has 0 spiro atoms. The number of esters is 1. The van der Waals surface area contributed by atoms with E-state index in [0.29, 0.717) is 6.61 Å². The largest absolute Gasteiger partial charge is 0.465 e. The number of ether oxygens (including phenoxy) is 1. The van der Waals surface area contributed by atoms with Crippen LogP contribution in [-0.2, 0) is 9.53 Å². The maximum absolute atomic E-state index is 13.0. The molecular formula is C13H17FO2S. The second-order valence-electron chi connectivity index (χ2n) is 3.60. The third-order valence-corrected chi connectivity index (χ3v) is 3.41. The number of thioether (sulfide) groups is 1. The molecule has 0 aliphatic rings. The van der Waals surface area contributed by atoms with Crippen LogP contribution in [0.25, 0.3) is 0 Å². The minimum atomic E-state index is -0.283. The quantitative estimate of drug-likeness (QED) is 0.574. The molecule has 1 aromatic rings. The molecular weight excluding hydrogens is 239 g/mol. The Morgan fingerprint density at radius 2 is 2.24 bits per heavy atom. The zero-order chi connectivity index (χ0) is 12.7. The number of rotatable bonds is 6. The number of carbonyl (C=O) groups is 1. The summed E-state index contributed by atoms with van der Waals surface area (Å²) in [5.74, 6) is -0.502. The van der Waals surface area contributed by atoms with E-state index in [4.69, 9.17) is 4.74 Å². The van der Waals surface area contributed by atoms with Crippen LogP contribution in [0.15, 0.2) is 29.2 Å². The van der Waals surface area contributed by atoms with Crippen LogP contribution in [-0.4, -0.2) is 17.8 Å². The lowest BCUT2D eigenvalue weighted by Crippen LogP contribution is -2.20. The summed E-state index contributed by atoms with van der Waals surface area (Å²) < 4.78 is 18.0. The third kappa shape index (κ3) is 4.77. The molecule has 1 atom stereocenters. The fraction of sp³-hybridized carbons (Fsp3) is 0.462. The second kappa shape index (κ2) is 7.33.